The van der Waals surface area contributed by atoms with Gasteiger partial charge in [-0.15, -0.1) is 24.0 Å². The topological polar surface area (TPSA) is 83.0 Å². The fraction of sp³-hybridized carbons (Fsp3) is 0.435. The molecule has 1 aliphatic rings. The summed E-state index contributed by atoms with van der Waals surface area (Å²) in [5.74, 6) is 0.732. The predicted molar refractivity (Wildman–Crippen MR) is 139 cm³/mol. The normalized spacial score (nSPS) is 15.1. The first-order chi connectivity index (χ1) is 15.0. The highest BCUT2D eigenvalue weighted by Crippen LogP contribution is 2.13. The van der Waals surface area contributed by atoms with E-state index in [4.69, 9.17) is 4.74 Å². The van der Waals surface area contributed by atoms with Gasteiger partial charge in [-0.2, -0.15) is 0 Å². The number of hydrogen-bond acceptors (Lipinski definition) is 5. The van der Waals surface area contributed by atoms with Crippen LogP contribution in [0.25, 0.3) is 0 Å². The number of guanidine groups is 1. The average Bonchev–Trinajstić information content (AvgIpc) is 2.77. The maximum absolute atomic E-state index is 11.6. The Morgan fingerprint density at radius 2 is 1.69 bits per heavy atom. The smallest absolute Gasteiger partial charge is 0.191 e. The van der Waals surface area contributed by atoms with Crippen molar-refractivity contribution in [3.05, 3.63) is 65.2 Å². The monoisotopic (exact) mass is 572 g/mol. The zero-order chi connectivity index (χ0) is 22.1. The molecule has 1 saturated heterocycles. The molecule has 0 aromatic heterocycles. The number of hydrogen-bond donors (Lipinski definition) is 2. The third-order valence-electron chi connectivity index (χ3n) is 5.18. The molecule has 2 N–H and O–H groups in total. The Kier molecular flexibility index (Phi) is 10.9. The summed E-state index contributed by atoms with van der Waals surface area (Å²) in [6.07, 6.45) is 1.21. The zero-order valence-corrected chi connectivity index (χ0v) is 21.9. The highest BCUT2D eigenvalue weighted by atomic mass is 127. The number of nitrogens with zero attached hydrogens (tertiary/aromatic N) is 2. The molecule has 176 valence electrons. The Morgan fingerprint density at radius 1 is 1.03 bits per heavy atom. The third-order valence-corrected chi connectivity index (χ3v) is 6.31. The Hall–Kier alpha value is -1.69. The summed E-state index contributed by atoms with van der Waals surface area (Å²) in [5, 5.41) is 6.70. The molecule has 0 saturated carbocycles. The second kappa shape index (κ2) is 13.1. The highest BCUT2D eigenvalue weighted by molar-refractivity contribution is 14.0. The summed E-state index contributed by atoms with van der Waals surface area (Å²) in [4.78, 5) is 7.39. The van der Waals surface area contributed by atoms with Crippen LogP contribution in [0.3, 0.4) is 0 Å². The maximum atomic E-state index is 11.6. The number of halogens is 1. The van der Waals surface area contributed by atoms with Crippen LogP contribution in [0.4, 0.5) is 0 Å². The van der Waals surface area contributed by atoms with Crippen LogP contribution >= 0.6 is 24.0 Å². The number of benzene rings is 2. The summed E-state index contributed by atoms with van der Waals surface area (Å²) in [5.41, 5.74) is 3.51. The van der Waals surface area contributed by atoms with Gasteiger partial charge in [-0.25, -0.2) is 13.4 Å². The van der Waals surface area contributed by atoms with E-state index in [1.54, 1.807) is 24.3 Å². The van der Waals surface area contributed by atoms with Gasteiger partial charge < -0.3 is 15.4 Å². The summed E-state index contributed by atoms with van der Waals surface area (Å²) in [6, 6.07) is 15.3. The van der Waals surface area contributed by atoms with Gasteiger partial charge >= 0.3 is 0 Å². The van der Waals surface area contributed by atoms with Crippen LogP contribution in [0.1, 0.15) is 23.6 Å². The standard InChI is InChI=1S/C23H32N4O3S.HI/c1-3-24-23(25-16-19-8-10-22(11-9-19)31(2,28)29)26-17-20-6-4-5-7-21(20)18-27-12-14-30-15-13-27;/h4-11H,3,12-18H2,1-2H3,(H2,24,25,26);1H. The molecule has 1 aliphatic heterocycles. The SMILES string of the molecule is CCNC(=NCc1ccc(S(C)(=O)=O)cc1)NCc1ccccc1CN1CCOCC1.I. The number of rotatable bonds is 8. The van der Waals surface area contributed by atoms with Gasteiger partial charge in [-0.3, -0.25) is 4.90 Å². The van der Waals surface area contributed by atoms with Gasteiger partial charge in [0.1, 0.15) is 0 Å². The molecule has 7 nitrogen and oxygen atoms in total. The molecule has 1 heterocycles. The number of sulfone groups is 1. The Labute approximate surface area is 208 Å². The van der Waals surface area contributed by atoms with Gasteiger partial charge in [-0.05, 0) is 35.7 Å². The first-order valence-electron chi connectivity index (χ1n) is 10.6. The minimum atomic E-state index is -3.18. The third kappa shape index (κ3) is 8.34. The number of aliphatic imine (C=N–C) groups is 1. The molecule has 32 heavy (non-hydrogen) atoms. The van der Waals surface area contributed by atoms with Gasteiger partial charge in [0.05, 0.1) is 24.7 Å². The lowest BCUT2D eigenvalue weighted by Gasteiger charge is -2.27. The van der Waals surface area contributed by atoms with E-state index >= 15 is 0 Å². The molecule has 0 amide bonds. The van der Waals surface area contributed by atoms with E-state index in [9.17, 15) is 8.42 Å². The van der Waals surface area contributed by atoms with Gasteiger partial charge in [0.25, 0.3) is 0 Å². The van der Waals surface area contributed by atoms with Crippen molar-refractivity contribution in [2.75, 3.05) is 39.1 Å². The van der Waals surface area contributed by atoms with Gasteiger partial charge in [0.15, 0.2) is 15.8 Å². The van der Waals surface area contributed by atoms with Crippen LogP contribution in [-0.4, -0.2) is 58.4 Å². The summed E-state index contributed by atoms with van der Waals surface area (Å²) >= 11 is 0. The first kappa shape index (κ1) is 26.6. The first-order valence-corrected chi connectivity index (χ1v) is 12.5. The lowest BCUT2D eigenvalue weighted by Crippen LogP contribution is -2.38. The lowest BCUT2D eigenvalue weighted by atomic mass is 10.1. The van der Waals surface area contributed by atoms with Crippen LogP contribution in [0.5, 0.6) is 0 Å². The average molecular weight is 573 g/mol. The van der Waals surface area contributed by atoms with E-state index in [1.807, 2.05) is 6.92 Å². The molecule has 1 fully saturated rings. The Morgan fingerprint density at radius 3 is 2.31 bits per heavy atom. The highest BCUT2D eigenvalue weighted by Gasteiger charge is 2.13. The molecular weight excluding hydrogens is 539 g/mol. The second-order valence-electron chi connectivity index (χ2n) is 7.62. The van der Waals surface area contributed by atoms with E-state index in [0.29, 0.717) is 18.0 Å². The van der Waals surface area contributed by atoms with Crippen molar-refractivity contribution in [2.24, 2.45) is 4.99 Å². The summed E-state index contributed by atoms with van der Waals surface area (Å²) in [7, 11) is -3.18. The van der Waals surface area contributed by atoms with Crippen LogP contribution < -0.4 is 10.6 Å². The molecule has 0 aliphatic carbocycles. The van der Waals surface area contributed by atoms with E-state index in [0.717, 1.165) is 50.9 Å². The van der Waals surface area contributed by atoms with Gasteiger partial charge in [0.2, 0.25) is 0 Å². The van der Waals surface area contributed by atoms with Crippen molar-refractivity contribution >= 4 is 39.8 Å². The molecule has 9 heteroatoms. The van der Waals surface area contributed by atoms with Crippen molar-refractivity contribution in [1.29, 1.82) is 0 Å². The Bertz CT molecular complexity index is 975. The van der Waals surface area contributed by atoms with Crippen molar-refractivity contribution in [3.8, 4) is 0 Å². The van der Waals surface area contributed by atoms with Crippen molar-refractivity contribution in [1.82, 2.24) is 15.5 Å². The van der Waals surface area contributed by atoms with Crippen LogP contribution in [-0.2, 0) is 34.2 Å². The minimum Gasteiger partial charge on any atom is -0.379 e. The summed E-state index contributed by atoms with van der Waals surface area (Å²) in [6.45, 7) is 8.37. The molecule has 2 aromatic rings. The van der Waals surface area contributed by atoms with E-state index in [1.165, 1.54) is 17.4 Å². The van der Waals surface area contributed by atoms with Crippen molar-refractivity contribution in [3.63, 3.8) is 0 Å². The van der Waals surface area contributed by atoms with E-state index in [2.05, 4.69) is 44.8 Å². The maximum Gasteiger partial charge on any atom is 0.191 e. The van der Waals surface area contributed by atoms with Gasteiger partial charge in [-0.1, -0.05) is 36.4 Å². The van der Waals surface area contributed by atoms with E-state index < -0.39 is 9.84 Å². The predicted octanol–water partition coefficient (Wildman–Crippen LogP) is 2.80. The molecule has 0 atom stereocenters. The lowest BCUT2D eigenvalue weighted by molar-refractivity contribution is 0.0341. The van der Waals surface area contributed by atoms with E-state index in [-0.39, 0.29) is 24.0 Å². The molecule has 2 aromatic carbocycles. The quantitative estimate of drug-likeness (QED) is 0.288. The second-order valence-corrected chi connectivity index (χ2v) is 9.64. The van der Waals surface area contributed by atoms with Crippen LogP contribution in [0.15, 0.2) is 58.4 Å². The number of morpholine rings is 1. The fourth-order valence-electron chi connectivity index (χ4n) is 3.42. The van der Waals surface area contributed by atoms with Crippen molar-refractivity contribution < 1.29 is 13.2 Å². The van der Waals surface area contributed by atoms with Crippen LogP contribution in [0.2, 0.25) is 0 Å². The summed E-state index contributed by atoms with van der Waals surface area (Å²) < 4.78 is 28.7. The largest absolute Gasteiger partial charge is 0.379 e. The number of nitrogens with one attached hydrogen (secondary N) is 2. The molecule has 3 rings (SSSR count). The molecule has 0 unspecified atom stereocenters. The molecule has 0 bridgehead atoms. The minimum absolute atomic E-state index is 0. The molecule has 0 spiro atoms. The zero-order valence-electron chi connectivity index (χ0n) is 18.7. The van der Waals surface area contributed by atoms with Crippen molar-refractivity contribution in [2.45, 2.75) is 31.5 Å². The molecule has 0 radical (unpaired) electrons. The Balaban J connectivity index is 0.00000363. The molecular formula is C23H33IN4O3S. The fourth-order valence-corrected chi connectivity index (χ4v) is 4.05. The van der Waals surface area contributed by atoms with Crippen LogP contribution in [0, 0.1) is 0 Å². The number of ether oxygens (including phenoxy) is 1. The van der Waals surface area contributed by atoms with Gasteiger partial charge in [0, 0.05) is 39.0 Å².